The third-order valence-electron chi connectivity index (χ3n) is 3.00. The maximum absolute atomic E-state index is 12.9. The molecule has 2 aromatic rings. The van der Waals surface area contributed by atoms with Crippen LogP contribution in [0.3, 0.4) is 0 Å². The Kier molecular flexibility index (Phi) is 4.90. The summed E-state index contributed by atoms with van der Waals surface area (Å²) in [6, 6.07) is 7.82. The van der Waals surface area contributed by atoms with Gasteiger partial charge in [-0.1, -0.05) is 12.1 Å². The summed E-state index contributed by atoms with van der Waals surface area (Å²) in [5, 5.41) is 2.90. The highest BCUT2D eigenvalue weighted by Crippen LogP contribution is 2.20. The summed E-state index contributed by atoms with van der Waals surface area (Å²) in [5.41, 5.74) is 1.35. The molecule has 1 amide bonds. The van der Waals surface area contributed by atoms with Crippen LogP contribution in [0.5, 0.6) is 0 Å². The van der Waals surface area contributed by atoms with Crippen molar-refractivity contribution in [2.24, 2.45) is 0 Å². The number of amides is 1. The fraction of sp³-hybridized carbons (Fsp3) is 0.200. The molecule has 1 aromatic heterocycles. The number of carbonyl (C=O) groups excluding carboxylic acids is 1. The smallest absolute Gasteiger partial charge is 0.257 e. The maximum atomic E-state index is 12.9. The molecule has 0 unspecified atom stereocenters. The summed E-state index contributed by atoms with van der Waals surface area (Å²) in [6.07, 6.45) is 1.63. The lowest BCUT2D eigenvalue weighted by molar-refractivity contribution is 0.0785. The Morgan fingerprint density at radius 2 is 2.05 bits per heavy atom. The van der Waals surface area contributed by atoms with Crippen molar-refractivity contribution in [3.05, 3.63) is 57.9 Å². The second-order valence-electron chi connectivity index (χ2n) is 4.59. The van der Waals surface area contributed by atoms with Crippen molar-refractivity contribution in [3.63, 3.8) is 0 Å². The van der Waals surface area contributed by atoms with Crippen LogP contribution in [0.25, 0.3) is 0 Å². The van der Waals surface area contributed by atoms with Crippen molar-refractivity contribution < 1.29 is 9.18 Å². The Bertz CT molecular complexity index is 646. The largest absolute Gasteiger partial charge is 0.372 e. The summed E-state index contributed by atoms with van der Waals surface area (Å²) < 4.78 is 13.6. The van der Waals surface area contributed by atoms with Crippen LogP contribution in [0.4, 0.5) is 10.2 Å². The Balaban J connectivity index is 2.19. The number of hydrogen-bond donors (Lipinski definition) is 1. The Morgan fingerprint density at radius 3 is 2.67 bits per heavy atom. The zero-order chi connectivity index (χ0) is 15.4. The van der Waals surface area contributed by atoms with E-state index in [1.54, 1.807) is 43.4 Å². The van der Waals surface area contributed by atoms with Gasteiger partial charge in [0.15, 0.2) is 0 Å². The highest BCUT2D eigenvalue weighted by atomic mass is 79.9. The van der Waals surface area contributed by atoms with Gasteiger partial charge >= 0.3 is 0 Å². The second kappa shape index (κ2) is 6.67. The van der Waals surface area contributed by atoms with E-state index in [0.29, 0.717) is 17.9 Å². The van der Waals surface area contributed by atoms with E-state index in [-0.39, 0.29) is 11.7 Å². The number of aromatic nitrogens is 1. The molecule has 0 spiro atoms. The van der Waals surface area contributed by atoms with Crippen molar-refractivity contribution in [1.29, 1.82) is 0 Å². The van der Waals surface area contributed by atoms with Gasteiger partial charge < -0.3 is 10.2 Å². The lowest BCUT2D eigenvalue weighted by Gasteiger charge is -2.19. The van der Waals surface area contributed by atoms with Crippen LogP contribution in [0, 0.1) is 5.82 Å². The van der Waals surface area contributed by atoms with Crippen LogP contribution in [0.1, 0.15) is 15.9 Å². The first-order chi connectivity index (χ1) is 10.0. The van der Waals surface area contributed by atoms with E-state index in [1.807, 2.05) is 0 Å². The van der Waals surface area contributed by atoms with Gasteiger partial charge in [-0.2, -0.15) is 0 Å². The number of anilines is 1. The minimum Gasteiger partial charge on any atom is -0.372 e. The van der Waals surface area contributed by atoms with Gasteiger partial charge in [0.25, 0.3) is 5.91 Å². The number of rotatable bonds is 4. The number of pyridine rings is 1. The van der Waals surface area contributed by atoms with Crippen LogP contribution in [-0.2, 0) is 6.54 Å². The number of hydrogen-bond acceptors (Lipinski definition) is 3. The normalized spacial score (nSPS) is 10.3. The van der Waals surface area contributed by atoms with E-state index in [9.17, 15) is 9.18 Å². The predicted octanol–water partition coefficient (Wildman–Crippen LogP) is 3.30. The van der Waals surface area contributed by atoms with Crippen molar-refractivity contribution >= 4 is 27.7 Å². The number of nitrogens with one attached hydrogen (secondary N) is 1. The van der Waals surface area contributed by atoms with Gasteiger partial charge in [0.2, 0.25) is 0 Å². The molecule has 21 heavy (non-hydrogen) atoms. The molecule has 0 saturated carbocycles. The first kappa shape index (κ1) is 15.4. The average molecular weight is 352 g/mol. The summed E-state index contributed by atoms with van der Waals surface area (Å²) in [5.74, 6) is 0.0769. The molecule has 110 valence electrons. The Hall–Kier alpha value is -1.95. The van der Waals surface area contributed by atoms with Crippen molar-refractivity contribution in [2.45, 2.75) is 6.54 Å². The average Bonchev–Trinajstić information content (AvgIpc) is 2.48. The van der Waals surface area contributed by atoms with E-state index in [2.05, 4.69) is 26.2 Å². The maximum Gasteiger partial charge on any atom is 0.257 e. The summed E-state index contributed by atoms with van der Waals surface area (Å²) in [6.45, 7) is 0.398. The van der Waals surface area contributed by atoms with Gasteiger partial charge in [-0.15, -0.1) is 0 Å². The van der Waals surface area contributed by atoms with Crippen LogP contribution in [0.15, 0.2) is 41.0 Å². The van der Waals surface area contributed by atoms with Gasteiger partial charge in [-0.25, -0.2) is 9.37 Å². The molecule has 0 bridgehead atoms. The van der Waals surface area contributed by atoms with Gasteiger partial charge in [-0.3, -0.25) is 4.79 Å². The number of halogens is 2. The van der Waals surface area contributed by atoms with Crippen LogP contribution >= 0.6 is 15.9 Å². The van der Waals surface area contributed by atoms with Gasteiger partial charge in [0.05, 0.1) is 5.56 Å². The fourth-order valence-electron chi connectivity index (χ4n) is 1.94. The molecule has 4 nitrogen and oxygen atoms in total. The standard InChI is InChI=1S/C15H15BrFN3O/c1-18-14-13(7-11(16)8-19-14)15(21)20(2)9-10-3-5-12(17)6-4-10/h3-8H,9H2,1-2H3,(H,18,19). The molecule has 0 fully saturated rings. The minimum absolute atomic E-state index is 0.155. The molecule has 6 heteroatoms. The SMILES string of the molecule is CNc1ncc(Br)cc1C(=O)N(C)Cc1ccc(F)cc1. The van der Waals surface area contributed by atoms with E-state index in [1.165, 1.54) is 12.1 Å². The topological polar surface area (TPSA) is 45.2 Å². The predicted molar refractivity (Wildman–Crippen MR) is 83.7 cm³/mol. The zero-order valence-electron chi connectivity index (χ0n) is 11.7. The van der Waals surface area contributed by atoms with E-state index in [4.69, 9.17) is 0 Å². The van der Waals surface area contributed by atoms with Crippen molar-refractivity contribution in [2.75, 3.05) is 19.4 Å². The van der Waals surface area contributed by atoms with E-state index in [0.717, 1.165) is 10.0 Å². The van der Waals surface area contributed by atoms with E-state index >= 15 is 0 Å². The minimum atomic E-state index is -0.290. The van der Waals surface area contributed by atoms with Gasteiger partial charge in [0, 0.05) is 31.3 Å². The monoisotopic (exact) mass is 351 g/mol. The lowest BCUT2D eigenvalue weighted by atomic mass is 10.2. The molecule has 0 aliphatic heterocycles. The van der Waals surface area contributed by atoms with Crippen molar-refractivity contribution in [1.82, 2.24) is 9.88 Å². The summed E-state index contributed by atoms with van der Waals surface area (Å²) in [4.78, 5) is 18.2. The third-order valence-corrected chi connectivity index (χ3v) is 3.43. The first-order valence-electron chi connectivity index (χ1n) is 6.34. The highest BCUT2D eigenvalue weighted by molar-refractivity contribution is 9.10. The molecule has 0 aliphatic rings. The molecule has 1 aromatic carbocycles. The number of benzene rings is 1. The molecule has 0 aliphatic carbocycles. The molecule has 0 atom stereocenters. The van der Waals surface area contributed by atoms with Crippen LogP contribution in [-0.4, -0.2) is 29.9 Å². The Morgan fingerprint density at radius 1 is 1.38 bits per heavy atom. The number of nitrogens with zero attached hydrogens (tertiary/aromatic N) is 2. The molecule has 1 N–H and O–H groups in total. The van der Waals surface area contributed by atoms with Crippen LogP contribution < -0.4 is 5.32 Å². The molecule has 1 heterocycles. The van der Waals surface area contributed by atoms with E-state index < -0.39 is 0 Å². The summed E-state index contributed by atoms with van der Waals surface area (Å²) in [7, 11) is 3.42. The highest BCUT2D eigenvalue weighted by Gasteiger charge is 2.17. The fourth-order valence-corrected chi connectivity index (χ4v) is 2.27. The Labute approximate surface area is 131 Å². The first-order valence-corrected chi connectivity index (χ1v) is 7.13. The number of carbonyl (C=O) groups is 1. The molecule has 2 rings (SSSR count). The summed E-state index contributed by atoms with van der Waals surface area (Å²) >= 11 is 3.32. The molecular formula is C15H15BrFN3O. The van der Waals surface area contributed by atoms with Crippen molar-refractivity contribution in [3.8, 4) is 0 Å². The zero-order valence-corrected chi connectivity index (χ0v) is 13.3. The van der Waals surface area contributed by atoms with Crippen LogP contribution in [0.2, 0.25) is 0 Å². The lowest BCUT2D eigenvalue weighted by Crippen LogP contribution is -2.27. The molecular weight excluding hydrogens is 337 g/mol. The molecule has 0 radical (unpaired) electrons. The van der Waals surface area contributed by atoms with Gasteiger partial charge in [0.1, 0.15) is 11.6 Å². The third kappa shape index (κ3) is 3.78. The quantitative estimate of drug-likeness (QED) is 0.919. The van der Waals surface area contributed by atoms with Gasteiger partial charge in [-0.05, 0) is 39.7 Å². The molecule has 0 saturated heterocycles. The second-order valence-corrected chi connectivity index (χ2v) is 5.50.